The molecule has 0 aliphatic rings. The van der Waals surface area contributed by atoms with E-state index in [0.29, 0.717) is 27.9 Å². The van der Waals surface area contributed by atoms with Crippen LogP contribution in [-0.2, 0) is 0 Å². The Morgan fingerprint density at radius 1 is 1.16 bits per heavy atom. The van der Waals surface area contributed by atoms with E-state index in [-0.39, 0.29) is 17.4 Å². The maximum absolute atomic E-state index is 14.0. The average Bonchev–Trinajstić information content (AvgIpc) is 3.39. The SMILES string of the molecule is Cc1nc(C)c(-c2nnc(SCC(=O)c3cc(C)n(-c4ccc(C)c(F)c4)c3C)o2)s1. The van der Waals surface area contributed by atoms with Gasteiger partial charge in [-0.15, -0.1) is 21.5 Å². The lowest BCUT2D eigenvalue weighted by Crippen LogP contribution is -2.06. The van der Waals surface area contributed by atoms with E-state index in [1.54, 1.807) is 13.0 Å². The Morgan fingerprint density at radius 3 is 2.61 bits per heavy atom. The zero-order valence-corrected chi connectivity index (χ0v) is 19.4. The van der Waals surface area contributed by atoms with Crippen LogP contribution in [0.2, 0.25) is 0 Å². The number of halogens is 1. The minimum Gasteiger partial charge on any atom is -0.410 e. The summed E-state index contributed by atoms with van der Waals surface area (Å²) in [5, 5.41) is 9.40. The number of aromatic nitrogens is 4. The summed E-state index contributed by atoms with van der Waals surface area (Å²) in [6.07, 6.45) is 0. The van der Waals surface area contributed by atoms with Gasteiger partial charge in [0.15, 0.2) is 5.78 Å². The largest absolute Gasteiger partial charge is 0.410 e. The monoisotopic (exact) mass is 456 g/mol. The number of carbonyl (C=O) groups is 1. The Balaban J connectivity index is 1.51. The number of Topliss-reactive ketones (excluding diaryl/α,β-unsaturated/α-hetero) is 1. The van der Waals surface area contributed by atoms with Crippen molar-refractivity contribution < 1.29 is 13.6 Å². The highest BCUT2D eigenvalue weighted by molar-refractivity contribution is 7.99. The summed E-state index contributed by atoms with van der Waals surface area (Å²) in [6.45, 7) is 9.31. The first-order valence-corrected chi connectivity index (χ1v) is 11.4. The molecule has 0 atom stereocenters. The molecule has 0 aliphatic heterocycles. The van der Waals surface area contributed by atoms with Gasteiger partial charge in [-0.2, -0.15) is 0 Å². The predicted octanol–water partition coefficient (Wildman–Crippen LogP) is 5.64. The van der Waals surface area contributed by atoms with Crippen LogP contribution in [0.5, 0.6) is 0 Å². The summed E-state index contributed by atoms with van der Waals surface area (Å²) in [5.41, 5.74) is 4.36. The summed E-state index contributed by atoms with van der Waals surface area (Å²) >= 11 is 2.70. The number of thiazole rings is 1. The first-order chi connectivity index (χ1) is 14.7. The molecule has 6 nitrogen and oxygen atoms in total. The van der Waals surface area contributed by atoms with Gasteiger partial charge in [-0.1, -0.05) is 17.8 Å². The fraction of sp³-hybridized carbons (Fsp3) is 0.273. The molecule has 4 rings (SSSR count). The molecule has 0 saturated carbocycles. The molecular formula is C22H21FN4O2S2. The fourth-order valence-electron chi connectivity index (χ4n) is 3.46. The van der Waals surface area contributed by atoms with Gasteiger partial charge < -0.3 is 8.98 Å². The van der Waals surface area contributed by atoms with Gasteiger partial charge in [0.1, 0.15) is 10.7 Å². The minimum atomic E-state index is -0.271. The molecule has 0 spiro atoms. The first kappa shape index (κ1) is 21.5. The van der Waals surface area contributed by atoms with E-state index in [2.05, 4.69) is 15.2 Å². The van der Waals surface area contributed by atoms with Crippen LogP contribution in [0.1, 0.15) is 38.0 Å². The van der Waals surface area contributed by atoms with Gasteiger partial charge in [0.05, 0.1) is 16.5 Å². The lowest BCUT2D eigenvalue weighted by molar-refractivity contribution is 0.102. The van der Waals surface area contributed by atoms with Crippen LogP contribution in [0, 0.1) is 40.4 Å². The Labute approximate surface area is 187 Å². The highest BCUT2D eigenvalue weighted by atomic mass is 32.2. The third-order valence-electron chi connectivity index (χ3n) is 4.98. The highest BCUT2D eigenvalue weighted by Crippen LogP contribution is 2.31. The molecular weight excluding hydrogens is 435 g/mol. The summed E-state index contributed by atoms with van der Waals surface area (Å²) in [7, 11) is 0. The molecule has 0 amide bonds. The quantitative estimate of drug-likeness (QED) is 0.276. The summed E-state index contributed by atoms with van der Waals surface area (Å²) in [5.74, 6) is 0.251. The second-order valence-electron chi connectivity index (χ2n) is 7.29. The van der Waals surface area contributed by atoms with Gasteiger partial charge in [-0.05, 0) is 58.4 Å². The lowest BCUT2D eigenvalue weighted by atomic mass is 10.2. The maximum Gasteiger partial charge on any atom is 0.277 e. The molecule has 0 bridgehead atoms. The molecule has 0 saturated heterocycles. The smallest absolute Gasteiger partial charge is 0.277 e. The summed E-state index contributed by atoms with van der Waals surface area (Å²) in [6, 6.07) is 6.91. The average molecular weight is 457 g/mol. The van der Waals surface area contributed by atoms with E-state index in [1.807, 2.05) is 44.4 Å². The maximum atomic E-state index is 14.0. The van der Waals surface area contributed by atoms with Crippen LogP contribution in [0.15, 0.2) is 33.9 Å². The van der Waals surface area contributed by atoms with Crippen molar-refractivity contribution in [2.24, 2.45) is 0 Å². The van der Waals surface area contributed by atoms with E-state index in [1.165, 1.54) is 29.2 Å². The Kier molecular flexibility index (Phi) is 5.81. The Hall–Kier alpha value is -2.78. The molecule has 0 aliphatic carbocycles. The molecule has 0 radical (unpaired) electrons. The van der Waals surface area contributed by atoms with Crippen molar-refractivity contribution in [3.05, 3.63) is 63.3 Å². The molecule has 3 heterocycles. The second-order valence-corrected chi connectivity index (χ2v) is 9.42. The van der Waals surface area contributed by atoms with Crippen molar-refractivity contribution >= 4 is 28.9 Å². The Morgan fingerprint density at radius 2 is 1.94 bits per heavy atom. The van der Waals surface area contributed by atoms with Gasteiger partial charge in [-0.3, -0.25) is 4.79 Å². The number of ketones is 1. The van der Waals surface area contributed by atoms with Crippen molar-refractivity contribution in [3.63, 3.8) is 0 Å². The Bertz CT molecular complexity index is 1290. The zero-order valence-electron chi connectivity index (χ0n) is 17.8. The normalized spacial score (nSPS) is 11.3. The van der Waals surface area contributed by atoms with Crippen molar-refractivity contribution in [3.8, 4) is 16.5 Å². The van der Waals surface area contributed by atoms with Crippen molar-refractivity contribution in [2.45, 2.75) is 39.8 Å². The third kappa shape index (κ3) is 4.20. The number of hydrogen-bond acceptors (Lipinski definition) is 7. The molecule has 3 aromatic heterocycles. The van der Waals surface area contributed by atoms with Gasteiger partial charge in [-0.25, -0.2) is 9.37 Å². The van der Waals surface area contributed by atoms with Crippen molar-refractivity contribution in [1.82, 2.24) is 19.7 Å². The molecule has 4 aromatic rings. The number of nitrogens with zero attached hydrogens (tertiary/aromatic N) is 4. The molecule has 9 heteroatoms. The fourth-order valence-corrected chi connectivity index (χ4v) is 4.95. The van der Waals surface area contributed by atoms with Crippen LogP contribution in [0.25, 0.3) is 16.5 Å². The van der Waals surface area contributed by atoms with E-state index in [9.17, 15) is 9.18 Å². The van der Waals surface area contributed by atoms with Crippen LogP contribution in [0.4, 0.5) is 4.39 Å². The van der Waals surface area contributed by atoms with Crippen LogP contribution < -0.4 is 0 Å². The van der Waals surface area contributed by atoms with E-state index in [4.69, 9.17) is 4.42 Å². The molecule has 1 aromatic carbocycles. The number of aryl methyl sites for hydroxylation is 4. The molecule has 0 fully saturated rings. The number of thioether (sulfide) groups is 1. The standard InChI is InChI=1S/C22H21FN4O2S2/c1-11-6-7-16(9-18(11)23)27-12(2)8-17(14(27)4)19(28)10-30-22-26-25-21(29-22)20-13(3)24-15(5)31-20/h6-9H,10H2,1-5H3. The molecule has 31 heavy (non-hydrogen) atoms. The highest BCUT2D eigenvalue weighted by Gasteiger charge is 2.20. The lowest BCUT2D eigenvalue weighted by Gasteiger charge is -2.11. The van der Waals surface area contributed by atoms with Crippen molar-refractivity contribution in [1.29, 1.82) is 0 Å². The molecule has 160 valence electrons. The second kappa shape index (κ2) is 8.39. The van der Waals surface area contributed by atoms with Crippen molar-refractivity contribution in [2.75, 3.05) is 5.75 Å². The van der Waals surface area contributed by atoms with E-state index < -0.39 is 0 Å². The zero-order chi connectivity index (χ0) is 22.3. The minimum absolute atomic E-state index is 0.0542. The van der Waals surface area contributed by atoms with Crippen LogP contribution in [0.3, 0.4) is 0 Å². The number of rotatable bonds is 6. The van der Waals surface area contributed by atoms with Gasteiger partial charge in [0.2, 0.25) is 0 Å². The first-order valence-electron chi connectivity index (χ1n) is 9.64. The summed E-state index contributed by atoms with van der Waals surface area (Å²) in [4.78, 5) is 18.1. The molecule has 0 N–H and O–H groups in total. The van der Waals surface area contributed by atoms with E-state index in [0.717, 1.165) is 27.0 Å². The van der Waals surface area contributed by atoms with Gasteiger partial charge >= 0.3 is 0 Å². The van der Waals surface area contributed by atoms with Crippen LogP contribution >= 0.6 is 23.1 Å². The number of carbonyl (C=O) groups excluding carboxylic acids is 1. The van der Waals surface area contributed by atoms with Gasteiger partial charge in [0, 0.05) is 22.6 Å². The third-order valence-corrected chi connectivity index (χ3v) is 6.86. The topological polar surface area (TPSA) is 73.8 Å². The van der Waals surface area contributed by atoms with E-state index >= 15 is 0 Å². The molecule has 0 unspecified atom stereocenters. The summed E-state index contributed by atoms with van der Waals surface area (Å²) < 4.78 is 21.6. The predicted molar refractivity (Wildman–Crippen MR) is 120 cm³/mol. The number of benzene rings is 1. The number of hydrogen-bond donors (Lipinski definition) is 0. The van der Waals surface area contributed by atoms with Crippen LogP contribution in [-0.4, -0.2) is 31.3 Å². The van der Waals surface area contributed by atoms with Gasteiger partial charge in [0.25, 0.3) is 11.1 Å².